The van der Waals surface area contributed by atoms with Crippen molar-refractivity contribution in [2.75, 3.05) is 32.1 Å². The molecule has 0 heterocycles. The molecule has 0 saturated heterocycles. The van der Waals surface area contributed by atoms with Crippen molar-refractivity contribution < 1.29 is 22.7 Å². The van der Waals surface area contributed by atoms with Crippen molar-refractivity contribution >= 4 is 27.7 Å². The second kappa shape index (κ2) is 13.6. The number of nitrogens with one attached hydrogen (secondary N) is 1. The molecule has 0 unspecified atom stereocenters. The van der Waals surface area contributed by atoms with Gasteiger partial charge in [-0.05, 0) is 68.5 Å². The highest BCUT2D eigenvalue weighted by atomic mass is 32.2. The summed E-state index contributed by atoms with van der Waals surface area (Å²) in [4.78, 5) is 28.7. The van der Waals surface area contributed by atoms with Crippen LogP contribution in [-0.2, 0) is 26.3 Å². The Bertz CT molecular complexity index is 1200. The number of rotatable bonds is 13. The molecule has 0 aliphatic rings. The number of carbonyl (C=O) groups is 2. The molecule has 9 nitrogen and oxygen atoms in total. The van der Waals surface area contributed by atoms with Crippen molar-refractivity contribution in [2.24, 2.45) is 0 Å². The minimum Gasteiger partial charge on any atom is -0.497 e. The van der Waals surface area contributed by atoms with Crippen molar-refractivity contribution in [3.05, 3.63) is 59.2 Å². The fourth-order valence-corrected chi connectivity index (χ4v) is 5.09. The van der Waals surface area contributed by atoms with Crippen molar-refractivity contribution in [3.8, 4) is 5.75 Å². The third-order valence-corrected chi connectivity index (χ3v) is 8.36. The number of benzene rings is 2. The van der Waals surface area contributed by atoms with Crippen molar-refractivity contribution in [1.82, 2.24) is 14.5 Å². The average Bonchev–Trinajstić information content (AvgIpc) is 2.88. The molecule has 1 N–H and O–H groups in total. The number of hydrogen-bond acceptors (Lipinski definition) is 5. The Morgan fingerprint density at radius 1 is 1.00 bits per heavy atom. The maximum Gasteiger partial charge on any atom is 0.304 e. The summed E-state index contributed by atoms with van der Waals surface area (Å²) >= 11 is 0. The van der Waals surface area contributed by atoms with Crippen LogP contribution in [0.2, 0.25) is 0 Å². The molecule has 2 rings (SSSR count). The summed E-state index contributed by atoms with van der Waals surface area (Å²) in [5.41, 5.74) is 2.81. The lowest BCUT2D eigenvalue weighted by atomic mass is 10.1. The first-order chi connectivity index (χ1) is 17.8. The highest BCUT2D eigenvalue weighted by Gasteiger charge is 2.34. The number of ether oxygens (including phenoxy) is 1. The first-order valence-electron chi connectivity index (χ1n) is 12.9. The van der Waals surface area contributed by atoms with Crippen LogP contribution in [0.15, 0.2) is 42.5 Å². The molecule has 2 amide bonds. The van der Waals surface area contributed by atoms with Gasteiger partial charge in [-0.15, -0.1) is 0 Å². The zero-order valence-electron chi connectivity index (χ0n) is 23.8. The summed E-state index contributed by atoms with van der Waals surface area (Å²) < 4.78 is 34.3. The fraction of sp³-hybridized carbons (Fsp3) is 0.500. The Morgan fingerprint density at radius 2 is 1.63 bits per heavy atom. The van der Waals surface area contributed by atoms with Crippen LogP contribution in [-0.4, -0.2) is 69.3 Å². The van der Waals surface area contributed by atoms with E-state index >= 15 is 0 Å². The zero-order valence-corrected chi connectivity index (χ0v) is 24.6. The lowest BCUT2D eigenvalue weighted by molar-refractivity contribution is -0.140. The van der Waals surface area contributed by atoms with E-state index in [9.17, 15) is 18.0 Å². The highest BCUT2D eigenvalue weighted by molar-refractivity contribution is 7.90. The minimum absolute atomic E-state index is 0.0601. The van der Waals surface area contributed by atoms with Gasteiger partial charge in [0.15, 0.2) is 0 Å². The molecule has 0 spiro atoms. The summed E-state index contributed by atoms with van der Waals surface area (Å²) in [5.74, 6) is -0.0675. The number of anilines is 1. The first-order valence-corrected chi connectivity index (χ1v) is 14.3. The van der Waals surface area contributed by atoms with Crippen molar-refractivity contribution in [2.45, 2.75) is 66.1 Å². The maximum absolute atomic E-state index is 14.0. The van der Waals surface area contributed by atoms with Crippen LogP contribution in [0.25, 0.3) is 0 Å². The van der Waals surface area contributed by atoms with Crippen LogP contribution in [0.3, 0.4) is 0 Å². The van der Waals surface area contributed by atoms with E-state index in [4.69, 9.17) is 4.74 Å². The maximum atomic E-state index is 14.0. The largest absolute Gasteiger partial charge is 0.497 e. The number of hydrogen-bond donors (Lipinski definition) is 1. The van der Waals surface area contributed by atoms with Gasteiger partial charge >= 0.3 is 10.2 Å². The van der Waals surface area contributed by atoms with E-state index in [2.05, 4.69) is 5.32 Å². The lowest BCUT2D eigenvalue weighted by Gasteiger charge is -2.34. The predicted octanol–water partition coefficient (Wildman–Crippen LogP) is 3.65. The molecule has 38 heavy (non-hydrogen) atoms. The van der Waals surface area contributed by atoms with Crippen LogP contribution in [0.4, 0.5) is 5.69 Å². The van der Waals surface area contributed by atoms with Gasteiger partial charge in [-0.2, -0.15) is 12.7 Å². The molecule has 2 atom stereocenters. The minimum atomic E-state index is -4.02. The molecular weight excluding hydrogens is 504 g/mol. The second-order valence-corrected chi connectivity index (χ2v) is 11.8. The summed E-state index contributed by atoms with van der Waals surface area (Å²) in [6, 6.07) is 11.9. The van der Waals surface area contributed by atoms with Crippen LogP contribution >= 0.6 is 0 Å². The predicted molar refractivity (Wildman–Crippen MR) is 151 cm³/mol. The Kier molecular flexibility index (Phi) is 11.1. The number of amides is 2. The van der Waals surface area contributed by atoms with E-state index < -0.39 is 28.7 Å². The van der Waals surface area contributed by atoms with Gasteiger partial charge in [-0.1, -0.05) is 38.1 Å². The van der Waals surface area contributed by atoms with E-state index in [1.54, 1.807) is 32.2 Å². The van der Waals surface area contributed by atoms with Crippen LogP contribution in [0, 0.1) is 13.8 Å². The zero-order chi connectivity index (χ0) is 28.6. The molecule has 0 radical (unpaired) electrons. The van der Waals surface area contributed by atoms with Gasteiger partial charge in [0.1, 0.15) is 18.3 Å². The molecule has 0 bridgehead atoms. The van der Waals surface area contributed by atoms with Gasteiger partial charge in [-0.3, -0.25) is 9.59 Å². The standard InChI is InChI=1S/C28H42N4O5S/c1-9-22(5)29-28(34)25(10-2)31(18-23-13-15-24(37-8)16-14-23)27(33)19-32(38(35,36)30(6)7)26-17-20(3)11-12-21(26)4/h11-17,22,25H,9-10,18-19H2,1-8H3,(H,29,34)/t22-,25-/m0/s1. The number of nitrogens with zero attached hydrogens (tertiary/aromatic N) is 3. The molecule has 210 valence electrons. The van der Waals surface area contributed by atoms with Gasteiger partial charge in [-0.25, -0.2) is 4.31 Å². The molecule has 2 aromatic rings. The Hall–Kier alpha value is -3.11. The highest BCUT2D eigenvalue weighted by Crippen LogP contribution is 2.26. The molecular formula is C28H42N4O5S. The molecule has 0 aromatic heterocycles. The third-order valence-electron chi connectivity index (χ3n) is 6.55. The van der Waals surface area contributed by atoms with E-state index in [-0.39, 0.29) is 18.5 Å². The Morgan fingerprint density at radius 3 is 2.16 bits per heavy atom. The molecule has 0 aliphatic carbocycles. The molecule has 10 heteroatoms. The monoisotopic (exact) mass is 546 g/mol. The SMILES string of the molecule is CC[C@H](C)NC(=O)[C@H](CC)N(Cc1ccc(OC)cc1)C(=O)CN(c1cc(C)ccc1C)S(=O)(=O)N(C)C. The van der Waals surface area contributed by atoms with Crippen LogP contribution in [0.1, 0.15) is 50.3 Å². The van der Waals surface area contributed by atoms with Gasteiger partial charge < -0.3 is 15.0 Å². The second-order valence-electron chi connectivity index (χ2n) is 9.70. The van der Waals surface area contributed by atoms with E-state index in [0.717, 1.165) is 31.7 Å². The van der Waals surface area contributed by atoms with E-state index in [1.165, 1.54) is 19.0 Å². The smallest absolute Gasteiger partial charge is 0.304 e. The topological polar surface area (TPSA) is 99.3 Å². The normalized spacial score (nSPS) is 13.1. The third kappa shape index (κ3) is 7.70. The summed E-state index contributed by atoms with van der Waals surface area (Å²) in [6.07, 6.45) is 1.12. The lowest BCUT2D eigenvalue weighted by Crippen LogP contribution is -2.54. The van der Waals surface area contributed by atoms with Crippen LogP contribution < -0.4 is 14.4 Å². The molecule has 0 fully saturated rings. The van der Waals surface area contributed by atoms with Gasteiger partial charge in [0.2, 0.25) is 11.8 Å². The first kappa shape index (κ1) is 31.1. The summed E-state index contributed by atoms with van der Waals surface area (Å²) in [7, 11) is 0.422. The Balaban J connectivity index is 2.55. The van der Waals surface area contributed by atoms with Gasteiger partial charge in [0.05, 0.1) is 12.8 Å². The molecule has 0 aliphatic heterocycles. The van der Waals surface area contributed by atoms with Crippen molar-refractivity contribution in [3.63, 3.8) is 0 Å². The van der Waals surface area contributed by atoms with Crippen molar-refractivity contribution in [1.29, 1.82) is 0 Å². The van der Waals surface area contributed by atoms with Crippen LogP contribution in [0.5, 0.6) is 5.75 Å². The number of methoxy groups -OCH3 is 1. The van der Waals surface area contributed by atoms with E-state index in [1.807, 2.05) is 52.0 Å². The number of carbonyl (C=O) groups excluding carboxylic acids is 2. The fourth-order valence-electron chi connectivity index (χ4n) is 3.98. The van der Waals surface area contributed by atoms with Gasteiger partial charge in [0.25, 0.3) is 0 Å². The van der Waals surface area contributed by atoms with E-state index in [0.29, 0.717) is 17.9 Å². The number of aryl methyl sites for hydroxylation is 2. The van der Waals surface area contributed by atoms with Gasteiger partial charge in [0, 0.05) is 26.7 Å². The Labute approximate surface area is 227 Å². The average molecular weight is 547 g/mol. The summed E-state index contributed by atoms with van der Waals surface area (Å²) in [6.45, 7) is 9.08. The molecule has 2 aromatic carbocycles. The quantitative estimate of drug-likeness (QED) is 0.414. The summed E-state index contributed by atoms with van der Waals surface area (Å²) in [5, 5.41) is 2.98. The molecule has 0 saturated carbocycles.